The molecule has 0 saturated heterocycles. The zero-order valence-corrected chi connectivity index (χ0v) is 9.17. The van der Waals surface area contributed by atoms with Gasteiger partial charge in [0.25, 0.3) is 0 Å². The van der Waals surface area contributed by atoms with E-state index in [1.165, 1.54) is 18.3 Å². The molecule has 0 fully saturated rings. The van der Waals surface area contributed by atoms with Crippen LogP contribution in [0.3, 0.4) is 0 Å². The van der Waals surface area contributed by atoms with Gasteiger partial charge in [0.15, 0.2) is 6.61 Å². The van der Waals surface area contributed by atoms with Gasteiger partial charge in [-0.15, -0.1) is 0 Å². The molecule has 92 valence electrons. The molecule has 0 unspecified atom stereocenters. The Bertz CT molecular complexity index is 390. The zero-order valence-electron chi connectivity index (χ0n) is 9.17. The number of carboxylic acids is 1. The predicted molar refractivity (Wildman–Crippen MR) is 57.4 cm³/mol. The molecule has 17 heavy (non-hydrogen) atoms. The van der Waals surface area contributed by atoms with Crippen molar-refractivity contribution in [2.24, 2.45) is 0 Å². The highest BCUT2D eigenvalue weighted by Crippen LogP contribution is 2.06. The van der Waals surface area contributed by atoms with E-state index in [0.717, 1.165) is 0 Å². The Morgan fingerprint density at radius 2 is 2.24 bits per heavy atom. The summed E-state index contributed by atoms with van der Waals surface area (Å²) in [6, 6.07) is 2.98. The van der Waals surface area contributed by atoms with Crippen LogP contribution < -0.4 is 5.48 Å². The number of hydrogen-bond donors (Lipinski definition) is 2. The molecule has 7 nitrogen and oxygen atoms in total. The Morgan fingerprint density at radius 3 is 2.76 bits per heavy atom. The average Bonchev–Trinajstić information content (AvgIpc) is 2.30. The Kier molecular flexibility index (Phi) is 4.89. The van der Waals surface area contributed by atoms with E-state index in [0.29, 0.717) is 18.0 Å². The van der Waals surface area contributed by atoms with E-state index in [1.54, 1.807) is 6.92 Å². The van der Waals surface area contributed by atoms with Crippen LogP contribution in [0.25, 0.3) is 0 Å². The molecule has 1 rings (SSSR count). The summed E-state index contributed by atoms with van der Waals surface area (Å²) in [6.45, 7) is 1.52. The number of carboxylic acid groups (broad SMARTS) is 1. The highest BCUT2D eigenvalue weighted by atomic mass is 16.7. The van der Waals surface area contributed by atoms with Gasteiger partial charge >= 0.3 is 11.9 Å². The number of anilines is 1. The quantitative estimate of drug-likeness (QED) is 0.557. The third-order valence-electron chi connectivity index (χ3n) is 1.65. The molecular weight excluding hydrogens is 228 g/mol. The Balaban J connectivity index is 2.50. The third kappa shape index (κ3) is 4.47. The lowest BCUT2D eigenvalue weighted by atomic mass is 10.3. The van der Waals surface area contributed by atoms with Crippen LogP contribution in [-0.2, 0) is 14.4 Å². The lowest BCUT2D eigenvalue weighted by Crippen LogP contribution is -2.12. The van der Waals surface area contributed by atoms with Crippen LogP contribution in [0, 0.1) is 0 Å². The van der Waals surface area contributed by atoms with Crippen molar-refractivity contribution >= 4 is 17.8 Å². The summed E-state index contributed by atoms with van der Waals surface area (Å²) < 4.78 is 4.77. The monoisotopic (exact) mass is 240 g/mol. The number of nitrogens with one attached hydrogen (secondary N) is 1. The SMILES string of the molecule is CCOC(=O)c1ccc(NOCC(=O)O)nc1. The first kappa shape index (κ1) is 12.9. The van der Waals surface area contributed by atoms with Gasteiger partial charge in [-0.2, -0.15) is 0 Å². The van der Waals surface area contributed by atoms with Crippen LogP contribution in [-0.4, -0.2) is 35.2 Å². The molecule has 0 radical (unpaired) electrons. The van der Waals surface area contributed by atoms with Gasteiger partial charge in [-0.25, -0.2) is 20.1 Å². The second-order valence-corrected chi connectivity index (χ2v) is 2.94. The maximum atomic E-state index is 11.3. The van der Waals surface area contributed by atoms with Crippen LogP contribution in [0.15, 0.2) is 18.3 Å². The summed E-state index contributed by atoms with van der Waals surface area (Å²) in [5.74, 6) is -1.25. The number of hydrogen-bond acceptors (Lipinski definition) is 6. The van der Waals surface area contributed by atoms with E-state index in [9.17, 15) is 9.59 Å². The fourth-order valence-corrected chi connectivity index (χ4v) is 0.961. The van der Waals surface area contributed by atoms with Crippen molar-refractivity contribution in [3.8, 4) is 0 Å². The van der Waals surface area contributed by atoms with E-state index in [2.05, 4.69) is 15.3 Å². The molecule has 7 heteroatoms. The van der Waals surface area contributed by atoms with Crippen molar-refractivity contribution in [1.82, 2.24) is 4.98 Å². The minimum Gasteiger partial charge on any atom is -0.479 e. The number of pyridine rings is 1. The van der Waals surface area contributed by atoms with Gasteiger partial charge in [0.05, 0.1) is 12.2 Å². The second kappa shape index (κ2) is 6.44. The summed E-state index contributed by atoms with van der Waals surface area (Å²) in [6.07, 6.45) is 1.31. The predicted octanol–water partition coefficient (Wildman–Crippen LogP) is 0.686. The van der Waals surface area contributed by atoms with Gasteiger partial charge in [-0.1, -0.05) is 0 Å². The number of carbonyl (C=O) groups excluding carboxylic acids is 1. The summed E-state index contributed by atoms with van der Waals surface area (Å²) in [5, 5.41) is 8.32. The molecule has 0 aliphatic rings. The van der Waals surface area contributed by atoms with Crippen molar-refractivity contribution < 1.29 is 24.3 Å². The zero-order chi connectivity index (χ0) is 12.7. The summed E-state index contributed by atoms with van der Waals surface area (Å²) in [4.78, 5) is 29.9. The summed E-state index contributed by atoms with van der Waals surface area (Å²) in [7, 11) is 0. The second-order valence-electron chi connectivity index (χ2n) is 2.94. The van der Waals surface area contributed by atoms with Gasteiger partial charge in [-0.3, -0.25) is 4.84 Å². The normalized spacial score (nSPS) is 9.71. The number of rotatable bonds is 6. The maximum absolute atomic E-state index is 11.3. The molecule has 0 aliphatic carbocycles. The fraction of sp³-hybridized carbons (Fsp3) is 0.300. The van der Waals surface area contributed by atoms with E-state index in [1.807, 2.05) is 0 Å². The Labute approximate surface area is 97.3 Å². The minimum atomic E-state index is -1.10. The van der Waals surface area contributed by atoms with Crippen LogP contribution in [0.2, 0.25) is 0 Å². The van der Waals surface area contributed by atoms with Gasteiger partial charge in [0, 0.05) is 6.20 Å². The Morgan fingerprint density at radius 1 is 1.47 bits per heavy atom. The molecular formula is C10H12N2O5. The molecule has 2 N–H and O–H groups in total. The summed E-state index contributed by atoms with van der Waals surface area (Å²) >= 11 is 0. The molecule has 1 aromatic heterocycles. The first-order chi connectivity index (χ1) is 8.13. The van der Waals surface area contributed by atoms with Gasteiger partial charge in [-0.05, 0) is 19.1 Å². The highest BCUT2D eigenvalue weighted by molar-refractivity contribution is 5.89. The number of nitrogens with zero attached hydrogens (tertiary/aromatic N) is 1. The first-order valence-corrected chi connectivity index (χ1v) is 4.86. The number of aliphatic carboxylic acids is 1. The van der Waals surface area contributed by atoms with Crippen LogP contribution in [0.1, 0.15) is 17.3 Å². The van der Waals surface area contributed by atoms with Crippen molar-refractivity contribution in [1.29, 1.82) is 0 Å². The number of carbonyl (C=O) groups is 2. The smallest absolute Gasteiger partial charge is 0.339 e. The van der Waals surface area contributed by atoms with E-state index in [4.69, 9.17) is 9.84 Å². The largest absolute Gasteiger partial charge is 0.479 e. The molecule has 0 saturated carbocycles. The molecule has 0 aliphatic heterocycles. The van der Waals surface area contributed by atoms with Crippen LogP contribution in [0.5, 0.6) is 0 Å². The standard InChI is InChI=1S/C10H12N2O5/c1-2-16-10(15)7-3-4-8(11-5-7)12-17-6-9(13)14/h3-5H,2,6H2,1H3,(H,11,12)(H,13,14). The lowest BCUT2D eigenvalue weighted by Gasteiger charge is -2.05. The highest BCUT2D eigenvalue weighted by Gasteiger charge is 2.06. The maximum Gasteiger partial charge on any atom is 0.339 e. The van der Waals surface area contributed by atoms with Gasteiger partial charge < -0.3 is 9.84 Å². The first-order valence-electron chi connectivity index (χ1n) is 4.86. The number of esters is 1. The number of aromatic nitrogens is 1. The summed E-state index contributed by atoms with van der Waals surface area (Å²) in [5.41, 5.74) is 2.65. The van der Waals surface area contributed by atoms with Crippen LogP contribution in [0.4, 0.5) is 5.82 Å². The topological polar surface area (TPSA) is 97.8 Å². The van der Waals surface area contributed by atoms with Crippen molar-refractivity contribution in [2.75, 3.05) is 18.7 Å². The van der Waals surface area contributed by atoms with E-state index in [-0.39, 0.29) is 0 Å². The number of ether oxygens (including phenoxy) is 1. The van der Waals surface area contributed by atoms with Gasteiger partial charge in [0.2, 0.25) is 0 Å². The van der Waals surface area contributed by atoms with Gasteiger partial charge in [0.1, 0.15) is 5.82 Å². The van der Waals surface area contributed by atoms with Crippen molar-refractivity contribution in [3.05, 3.63) is 23.9 Å². The molecule has 1 aromatic rings. The lowest BCUT2D eigenvalue weighted by molar-refractivity contribution is -0.141. The third-order valence-corrected chi connectivity index (χ3v) is 1.65. The molecule has 0 amide bonds. The van der Waals surface area contributed by atoms with E-state index < -0.39 is 18.5 Å². The average molecular weight is 240 g/mol. The van der Waals surface area contributed by atoms with E-state index >= 15 is 0 Å². The molecule has 0 bridgehead atoms. The van der Waals surface area contributed by atoms with Crippen LogP contribution >= 0.6 is 0 Å². The molecule has 0 aromatic carbocycles. The molecule has 0 spiro atoms. The van der Waals surface area contributed by atoms with Crippen molar-refractivity contribution in [3.63, 3.8) is 0 Å². The molecule has 1 heterocycles. The Hall–Kier alpha value is -2.15. The minimum absolute atomic E-state index is 0.292. The fourth-order valence-electron chi connectivity index (χ4n) is 0.961. The molecule has 0 atom stereocenters. The van der Waals surface area contributed by atoms with Crippen molar-refractivity contribution in [2.45, 2.75) is 6.92 Å².